The molecule has 0 aliphatic carbocycles. The molecule has 0 heterocycles. The van der Waals surface area contributed by atoms with Crippen LogP contribution < -0.4 is 19.5 Å². The lowest BCUT2D eigenvalue weighted by Gasteiger charge is -2.25. The maximum Gasteiger partial charge on any atom is 0.264 e. The molecule has 0 aliphatic rings. The van der Waals surface area contributed by atoms with Crippen LogP contribution in [-0.2, 0) is 14.8 Å². The van der Waals surface area contributed by atoms with Crippen molar-refractivity contribution in [2.24, 2.45) is 5.73 Å². The molecule has 0 saturated carbocycles. The molecule has 0 aliphatic heterocycles. The number of anilines is 1. The summed E-state index contributed by atoms with van der Waals surface area (Å²) >= 11 is 11.8. The number of primary amides is 1. The molecule has 0 aromatic heterocycles. The van der Waals surface area contributed by atoms with Crippen LogP contribution in [0.1, 0.15) is 0 Å². The molecule has 2 aromatic carbocycles. The topological polar surface area (TPSA) is 98.9 Å². The summed E-state index contributed by atoms with van der Waals surface area (Å²) in [5.74, 6) is -0.197. The van der Waals surface area contributed by atoms with Gasteiger partial charge in [0.05, 0.1) is 34.8 Å². The maximum absolute atomic E-state index is 13.1. The van der Waals surface area contributed by atoms with Crippen LogP contribution in [0.15, 0.2) is 41.3 Å². The fourth-order valence-corrected chi connectivity index (χ4v) is 4.03. The average molecular weight is 419 g/mol. The summed E-state index contributed by atoms with van der Waals surface area (Å²) in [6.45, 7) is -0.592. The quantitative estimate of drug-likeness (QED) is 0.744. The highest BCUT2D eigenvalue weighted by Gasteiger charge is 2.29. The molecule has 0 unspecified atom stereocenters. The van der Waals surface area contributed by atoms with E-state index in [1.54, 1.807) is 0 Å². The Morgan fingerprint density at radius 3 is 2.31 bits per heavy atom. The number of carbonyl (C=O) groups excluding carboxylic acids is 1. The number of hydrogen-bond acceptors (Lipinski definition) is 5. The van der Waals surface area contributed by atoms with Gasteiger partial charge in [0.15, 0.2) is 0 Å². The predicted octanol–water partition coefficient (Wildman–Crippen LogP) is 2.69. The van der Waals surface area contributed by atoms with Gasteiger partial charge in [-0.3, -0.25) is 9.10 Å². The van der Waals surface area contributed by atoms with Gasteiger partial charge in [-0.1, -0.05) is 23.2 Å². The summed E-state index contributed by atoms with van der Waals surface area (Å²) in [6.07, 6.45) is 0. The summed E-state index contributed by atoms with van der Waals surface area (Å²) < 4.78 is 37.3. The van der Waals surface area contributed by atoms with E-state index in [1.807, 2.05) is 0 Å². The van der Waals surface area contributed by atoms with E-state index in [0.717, 1.165) is 4.31 Å². The number of benzene rings is 2. The largest absolute Gasteiger partial charge is 0.497 e. The molecular formula is C16H16Cl2N2O5S. The van der Waals surface area contributed by atoms with Gasteiger partial charge in [0.2, 0.25) is 5.91 Å². The zero-order valence-corrected chi connectivity index (χ0v) is 16.2. The number of carbonyl (C=O) groups is 1. The summed E-state index contributed by atoms with van der Waals surface area (Å²) in [5, 5.41) is 0.266. The minimum atomic E-state index is -4.17. The van der Waals surface area contributed by atoms with E-state index in [4.69, 9.17) is 38.4 Å². The van der Waals surface area contributed by atoms with E-state index >= 15 is 0 Å². The van der Waals surface area contributed by atoms with Crippen molar-refractivity contribution in [3.05, 3.63) is 46.4 Å². The molecule has 0 fully saturated rings. The first-order chi connectivity index (χ1) is 12.2. The van der Waals surface area contributed by atoms with Crippen LogP contribution in [0.25, 0.3) is 0 Å². The van der Waals surface area contributed by atoms with E-state index in [1.165, 1.54) is 50.6 Å². The number of nitrogens with two attached hydrogens (primary N) is 1. The van der Waals surface area contributed by atoms with Crippen molar-refractivity contribution >= 4 is 44.8 Å². The Labute approximate surface area is 161 Å². The van der Waals surface area contributed by atoms with E-state index in [-0.39, 0.29) is 26.4 Å². The Morgan fingerprint density at radius 2 is 1.77 bits per heavy atom. The van der Waals surface area contributed by atoms with E-state index in [2.05, 4.69) is 0 Å². The number of ether oxygens (including phenoxy) is 2. The Bertz CT molecular complexity index is 934. The predicted molar refractivity (Wildman–Crippen MR) is 99.7 cm³/mol. The van der Waals surface area contributed by atoms with Crippen molar-refractivity contribution in [3.8, 4) is 11.5 Å². The van der Waals surface area contributed by atoms with Crippen molar-refractivity contribution in [1.82, 2.24) is 0 Å². The van der Waals surface area contributed by atoms with Crippen molar-refractivity contribution < 1.29 is 22.7 Å². The maximum atomic E-state index is 13.1. The van der Waals surface area contributed by atoms with Gasteiger partial charge in [0.1, 0.15) is 18.0 Å². The lowest BCUT2D eigenvalue weighted by molar-refractivity contribution is -0.116. The molecule has 2 N–H and O–H groups in total. The Balaban J connectivity index is 2.64. The third-order valence-corrected chi connectivity index (χ3v) is 5.93. The summed E-state index contributed by atoms with van der Waals surface area (Å²) in [4.78, 5) is 11.4. The molecule has 1 amide bonds. The molecule has 10 heteroatoms. The molecular weight excluding hydrogens is 403 g/mol. The molecule has 26 heavy (non-hydrogen) atoms. The van der Waals surface area contributed by atoms with E-state index < -0.39 is 22.5 Å². The number of amides is 1. The van der Waals surface area contributed by atoms with Crippen LogP contribution in [0.5, 0.6) is 11.5 Å². The minimum Gasteiger partial charge on any atom is -0.497 e. The Morgan fingerprint density at radius 1 is 1.08 bits per heavy atom. The van der Waals surface area contributed by atoms with E-state index in [9.17, 15) is 13.2 Å². The Hall–Kier alpha value is -2.16. The number of halogens is 2. The second-order valence-corrected chi connectivity index (χ2v) is 7.77. The van der Waals surface area contributed by atoms with Gasteiger partial charge in [0, 0.05) is 6.07 Å². The van der Waals surface area contributed by atoms with Crippen LogP contribution in [0.4, 0.5) is 5.69 Å². The van der Waals surface area contributed by atoms with Crippen molar-refractivity contribution in [2.75, 3.05) is 25.1 Å². The van der Waals surface area contributed by atoms with Gasteiger partial charge in [0.25, 0.3) is 10.0 Å². The monoisotopic (exact) mass is 418 g/mol. The number of nitrogens with zero attached hydrogens (tertiary/aromatic N) is 1. The van der Waals surface area contributed by atoms with Crippen LogP contribution in [-0.4, -0.2) is 35.1 Å². The number of rotatable bonds is 7. The molecule has 0 spiro atoms. The third-order valence-electron chi connectivity index (χ3n) is 3.43. The van der Waals surface area contributed by atoms with Gasteiger partial charge in [-0.15, -0.1) is 0 Å². The molecule has 0 saturated heterocycles. The summed E-state index contributed by atoms with van der Waals surface area (Å²) in [5.41, 5.74) is 5.37. The van der Waals surface area contributed by atoms with Gasteiger partial charge >= 0.3 is 0 Å². The van der Waals surface area contributed by atoms with Gasteiger partial charge in [-0.05, 0) is 30.3 Å². The van der Waals surface area contributed by atoms with Gasteiger partial charge in [-0.25, -0.2) is 8.42 Å². The van der Waals surface area contributed by atoms with Crippen molar-refractivity contribution in [3.63, 3.8) is 0 Å². The molecule has 0 bridgehead atoms. The molecule has 7 nitrogen and oxygen atoms in total. The molecule has 0 atom stereocenters. The van der Waals surface area contributed by atoms with Crippen molar-refractivity contribution in [1.29, 1.82) is 0 Å². The highest BCUT2D eigenvalue weighted by atomic mass is 35.5. The Kier molecular flexibility index (Phi) is 6.22. The van der Waals surface area contributed by atoms with Crippen molar-refractivity contribution in [2.45, 2.75) is 4.90 Å². The number of methoxy groups -OCH3 is 2. The zero-order valence-electron chi connectivity index (χ0n) is 13.9. The fourth-order valence-electron chi connectivity index (χ4n) is 2.20. The van der Waals surface area contributed by atoms with Gasteiger partial charge < -0.3 is 15.2 Å². The average Bonchev–Trinajstić information content (AvgIpc) is 2.61. The number of hydrogen-bond donors (Lipinski definition) is 1. The van der Waals surface area contributed by atoms with Crippen LogP contribution in [0, 0.1) is 0 Å². The molecule has 2 rings (SSSR count). The first-order valence-corrected chi connectivity index (χ1v) is 9.38. The standard InChI is InChI=1S/C16H16Cl2N2O5S/c1-24-10-3-6-14(15(7-10)25-2)20(9-16(19)21)26(22,23)11-4-5-12(17)13(18)8-11/h3-8H,9H2,1-2H3,(H2,19,21). The van der Waals surface area contributed by atoms with Crippen LogP contribution >= 0.6 is 23.2 Å². The highest BCUT2D eigenvalue weighted by Crippen LogP contribution is 2.36. The zero-order chi connectivity index (χ0) is 19.5. The summed E-state index contributed by atoms with van der Waals surface area (Å²) in [7, 11) is -1.34. The first-order valence-electron chi connectivity index (χ1n) is 7.18. The minimum absolute atomic E-state index is 0.0634. The number of sulfonamides is 1. The first kappa shape index (κ1) is 20.2. The second kappa shape index (κ2) is 8.03. The normalized spacial score (nSPS) is 11.1. The van der Waals surface area contributed by atoms with E-state index in [0.29, 0.717) is 5.75 Å². The summed E-state index contributed by atoms with van der Waals surface area (Å²) in [6, 6.07) is 8.32. The second-order valence-electron chi connectivity index (χ2n) is 5.09. The molecule has 2 aromatic rings. The molecule has 0 radical (unpaired) electrons. The van der Waals surface area contributed by atoms with Gasteiger partial charge in [-0.2, -0.15) is 0 Å². The third kappa shape index (κ3) is 4.14. The highest BCUT2D eigenvalue weighted by molar-refractivity contribution is 7.92. The van der Waals surface area contributed by atoms with Crippen LogP contribution in [0.3, 0.4) is 0 Å². The fraction of sp³-hybridized carbons (Fsp3) is 0.188. The molecule has 140 valence electrons. The smallest absolute Gasteiger partial charge is 0.264 e. The lowest BCUT2D eigenvalue weighted by Crippen LogP contribution is -2.38. The SMILES string of the molecule is COc1ccc(N(CC(N)=O)S(=O)(=O)c2ccc(Cl)c(Cl)c2)c(OC)c1. The van der Waals surface area contributed by atoms with Crippen LogP contribution in [0.2, 0.25) is 10.0 Å². The lowest BCUT2D eigenvalue weighted by atomic mass is 10.2.